The van der Waals surface area contributed by atoms with Crippen molar-refractivity contribution in [3.63, 3.8) is 0 Å². The predicted octanol–water partition coefficient (Wildman–Crippen LogP) is -1.16. The van der Waals surface area contributed by atoms with Crippen LogP contribution in [0.2, 0.25) is 0 Å². The Bertz CT molecular complexity index is 419. The van der Waals surface area contributed by atoms with Crippen LogP contribution in [0, 0.1) is 10.1 Å². The molecule has 0 saturated heterocycles. The highest BCUT2D eigenvalue weighted by Crippen LogP contribution is 2.13. The van der Waals surface area contributed by atoms with Crippen LogP contribution in [-0.2, 0) is 0 Å². The number of para-hydroxylation sites is 1. The summed E-state index contributed by atoms with van der Waals surface area (Å²) in [5.74, 6) is 0. The third-order valence-electron chi connectivity index (χ3n) is 1.56. The van der Waals surface area contributed by atoms with Crippen molar-refractivity contribution >= 4 is 29.2 Å². The van der Waals surface area contributed by atoms with E-state index in [2.05, 4.69) is 22.7 Å². The summed E-state index contributed by atoms with van der Waals surface area (Å²) in [4.78, 5) is 10.1. The van der Waals surface area contributed by atoms with Gasteiger partial charge in [0.15, 0.2) is 0 Å². The smallest absolute Gasteiger partial charge is 0.282 e. The van der Waals surface area contributed by atoms with Gasteiger partial charge in [-0.15, -0.1) is 10.5 Å². The van der Waals surface area contributed by atoms with E-state index in [4.69, 9.17) is 5.73 Å². The first-order valence-electron chi connectivity index (χ1n) is 3.99. The van der Waals surface area contributed by atoms with E-state index in [9.17, 15) is 10.1 Å². The third kappa shape index (κ3) is 3.31. The van der Waals surface area contributed by atoms with E-state index in [1.54, 1.807) is 18.2 Å². The molecule has 0 aliphatic carbocycles. The second-order valence-electron chi connectivity index (χ2n) is 2.59. The number of benzene rings is 1. The summed E-state index contributed by atoms with van der Waals surface area (Å²) >= 11 is 4.55. The van der Waals surface area contributed by atoms with Crippen LogP contribution < -0.4 is 16.3 Å². The summed E-state index contributed by atoms with van der Waals surface area (Å²) in [5, 5.41) is 13.2. The van der Waals surface area contributed by atoms with Crippen LogP contribution in [0.3, 0.4) is 0 Å². The first-order chi connectivity index (χ1) is 7.11. The third-order valence-corrected chi connectivity index (χ3v) is 1.66. The van der Waals surface area contributed by atoms with Crippen molar-refractivity contribution in [2.24, 2.45) is 5.73 Å². The van der Waals surface area contributed by atoms with Gasteiger partial charge in [-0.05, 0) is 18.3 Å². The van der Waals surface area contributed by atoms with Gasteiger partial charge >= 0.3 is 0 Å². The lowest BCUT2D eigenvalue weighted by molar-refractivity contribution is -0.500. The number of thiocarbonyl (C=S) groups is 1. The molecule has 0 aromatic heterocycles. The highest BCUT2D eigenvalue weighted by molar-refractivity contribution is 7.80. The zero-order chi connectivity index (χ0) is 11.3. The Morgan fingerprint density at radius 1 is 1.60 bits per heavy atom. The van der Waals surface area contributed by atoms with Crippen LogP contribution in [-0.4, -0.2) is 16.3 Å². The molecule has 0 fully saturated rings. The van der Waals surface area contributed by atoms with Gasteiger partial charge in [0.1, 0.15) is 5.56 Å². The Kier molecular flexibility index (Phi) is 3.69. The summed E-state index contributed by atoms with van der Waals surface area (Å²) in [6.45, 7) is 0. The number of rotatable bonds is 3. The van der Waals surface area contributed by atoms with Crippen LogP contribution in [0.1, 0.15) is 5.56 Å². The SMILES string of the molecule is NC(=S)N[NH+]=Cc1ccccc1[N+](=O)[O-]. The summed E-state index contributed by atoms with van der Waals surface area (Å²) in [6, 6.07) is 6.30. The summed E-state index contributed by atoms with van der Waals surface area (Å²) in [6.07, 6.45) is 1.41. The fraction of sp³-hybridized carbons (Fsp3) is 0. The van der Waals surface area contributed by atoms with Crippen molar-refractivity contribution in [3.05, 3.63) is 39.9 Å². The number of hydrazine groups is 1. The molecule has 0 bridgehead atoms. The minimum Gasteiger partial charge on any atom is -0.372 e. The molecule has 0 spiro atoms. The average molecular weight is 225 g/mol. The van der Waals surface area contributed by atoms with Crippen molar-refractivity contribution in [3.8, 4) is 0 Å². The molecule has 1 aromatic carbocycles. The maximum Gasteiger partial charge on any atom is 0.282 e. The first-order valence-corrected chi connectivity index (χ1v) is 4.39. The van der Waals surface area contributed by atoms with Gasteiger partial charge in [0.05, 0.1) is 4.92 Å². The summed E-state index contributed by atoms with van der Waals surface area (Å²) < 4.78 is 0. The molecule has 6 nitrogen and oxygen atoms in total. The molecule has 0 aliphatic rings. The molecule has 7 heteroatoms. The molecule has 15 heavy (non-hydrogen) atoms. The number of hydrogen-bond acceptors (Lipinski definition) is 3. The molecule has 0 saturated carbocycles. The van der Waals surface area contributed by atoms with Crippen LogP contribution in [0.5, 0.6) is 0 Å². The molecular formula is C8H9N4O2S+. The number of hydrogen-bond donors (Lipinski definition) is 3. The molecule has 1 aromatic rings. The molecule has 0 atom stereocenters. The van der Waals surface area contributed by atoms with E-state index in [-0.39, 0.29) is 10.8 Å². The van der Waals surface area contributed by atoms with Crippen LogP contribution in [0.25, 0.3) is 0 Å². The lowest BCUT2D eigenvalue weighted by Crippen LogP contribution is -2.82. The van der Waals surface area contributed by atoms with Gasteiger partial charge < -0.3 is 5.73 Å². The second kappa shape index (κ2) is 5.01. The first kappa shape index (κ1) is 11.1. The monoisotopic (exact) mass is 225 g/mol. The highest BCUT2D eigenvalue weighted by atomic mass is 32.1. The van der Waals surface area contributed by atoms with Gasteiger partial charge in [-0.1, -0.05) is 12.1 Å². The zero-order valence-corrected chi connectivity index (χ0v) is 8.45. The Hall–Kier alpha value is -2.02. The number of nitro groups is 1. The highest BCUT2D eigenvalue weighted by Gasteiger charge is 2.11. The second-order valence-corrected chi connectivity index (χ2v) is 3.03. The van der Waals surface area contributed by atoms with Gasteiger partial charge in [-0.3, -0.25) is 10.1 Å². The molecule has 0 radical (unpaired) electrons. The molecule has 78 valence electrons. The molecule has 0 heterocycles. The van der Waals surface area contributed by atoms with E-state index >= 15 is 0 Å². The standard InChI is InChI=1S/C8H8N4O2S/c9-8(15)11-10-5-6-3-1-2-4-7(6)12(13)14/h1-5H,(H3,9,11,15)/p+1. The van der Waals surface area contributed by atoms with E-state index in [1.807, 2.05) is 0 Å². The van der Waals surface area contributed by atoms with Crippen molar-refractivity contribution in [1.82, 2.24) is 5.43 Å². The Labute approximate surface area is 90.9 Å². The zero-order valence-electron chi connectivity index (χ0n) is 7.64. The van der Waals surface area contributed by atoms with Crippen LogP contribution in [0.15, 0.2) is 24.3 Å². The molecule has 0 unspecified atom stereocenters. The lowest BCUT2D eigenvalue weighted by Gasteiger charge is -1.93. The quantitative estimate of drug-likeness (QED) is 0.261. The molecule has 4 N–H and O–H groups in total. The predicted molar refractivity (Wildman–Crippen MR) is 59.1 cm³/mol. The number of hydrazone groups is 1. The molecule has 0 aliphatic heterocycles. The Morgan fingerprint density at radius 2 is 2.27 bits per heavy atom. The largest absolute Gasteiger partial charge is 0.372 e. The summed E-state index contributed by atoms with van der Waals surface area (Å²) in [7, 11) is 0. The van der Waals surface area contributed by atoms with E-state index in [0.29, 0.717) is 5.56 Å². The maximum absolute atomic E-state index is 10.6. The molecular weight excluding hydrogens is 216 g/mol. The number of nitrogens with one attached hydrogen (secondary N) is 2. The maximum atomic E-state index is 10.6. The molecule has 0 amide bonds. The molecule has 1 rings (SSSR count). The van der Waals surface area contributed by atoms with Crippen molar-refractivity contribution in [2.45, 2.75) is 0 Å². The van der Waals surface area contributed by atoms with Gasteiger partial charge in [-0.25, -0.2) is 0 Å². The fourth-order valence-corrected chi connectivity index (χ4v) is 1.02. The Balaban J connectivity index is 2.89. The minimum absolute atomic E-state index is 0.00902. The average Bonchev–Trinajstić information content (AvgIpc) is 2.17. The number of nitro benzene ring substituents is 1. The van der Waals surface area contributed by atoms with Gasteiger partial charge in [0.25, 0.3) is 5.69 Å². The normalized spacial score (nSPS) is 10.1. The van der Waals surface area contributed by atoms with Crippen LogP contribution >= 0.6 is 12.2 Å². The fourth-order valence-electron chi connectivity index (χ4n) is 0.961. The van der Waals surface area contributed by atoms with Gasteiger partial charge in [-0.2, -0.15) is 0 Å². The van der Waals surface area contributed by atoms with Crippen molar-refractivity contribution < 1.29 is 10.0 Å². The van der Waals surface area contributed by atoms with E-state index in [1.165, 1.54) is 12.3 Å². The summed E-state index contributed by atoms with van der Waals surface area (Å²) in [5.41, 5.74) is 8.04. The van der Waals surface area contributed by atoms with Gasteiger partial charge in [0, 0.05) is 6.07 Å². The lowest BCUT2D eigenvalue weighted by atomic mass is 10.2. The topological polar surface area (TPSA) is 95.2 Å². The van der Waals surface area contributed by atoms with Crippen LogP contribution in [0.4, 0.5) is 5.69 Å². The van der Waals surface area contributed by atoms with Crippen molar-refractivity contribution in [2.75, 3.05) is 0 Å². The number of nitrogens with two attached hydrogens (primary N) is 1. The van der Waals surface area contributed by atoms with E-state index in [0.717, 1.165) is 0 Å². The Morgan fingerprint density at radius 3 is 2.87 bits per heavy atom. The van der Waals surface area contributed by atoms with Gasteiger partial charge in [0.2, 0.25) is 11.3 Å². The number of nitrogens with zero attached hydrogens (tertiary/aromatic N) is 1. The van der Waals surface area contributed by atoms with Crippen molar-refractivity contribution in [1.29, 1.82) is 0 Å². The minimum atomic E-state index is -0.464. The van der Waals surface area contributed by atoms with E-state index < -0.39 is 4.92 Å².